The molecule has 0 atom stereocenters. The molecule has 0 saturated carbocycles. The number of likely N-dealkylation sites (N-methyl/N-ethyl adjacent to an activating group) is 1. The van der Waals surface area contributed by atoms with Crippen LogP contribution < -0.4 is 24.0 Å². The molecular formula is C8H20INO. The van der Waals surface area contributed by atoms with Gasteiger partial charge >= 0.3 is 0 Å². The van der Waals surface area contributed by atoms with Gasteiger partial charge in [-0.05, 0) is 20.8 Å². The molecule has 3 heteroatoms. The molecule has 0 rings (SSSR count). The van der Waals surface area contributed by atoms with Crippen LogP contribution in [0.5, 0.6) is 0 Å². The Morgan fingerprint density at radius 2 is 1.36 bits per heavy atom. The van der Waals surface area contributed by atoms with E-state index in [9.17, 15) is 0 Å². The molecule has 11 heavy (non-hydrogen) atoms. The fourth-order valence-corrected chi connectivity index (χ4v) is 1.36. The van der Waals surface area contributed by atoms with E-state index in [1.807, 2.05) is 0 Å². The topological polar surface area (TPSA) is 20.2 Å². The number of hydrogen-bond acceptors (Lipinski definition) is 1. The first-order valence-corrected chi connectivity index (χ1v) is 4.20. The highest BCUT2D eigenvalue weighted by Crippen LogP contribution is 2.03. The third kappa shape index (κ3) is 4.28. The predicted octanol–water partition coefficient (Wildman–Crippen LogP) is -2.14. The summed E-state index contributed by atoms with van der Waals surface area (Å²) in [6.45, 7) is 11.2. The second-order valence-electron chi connectivity index (χ2n) is 2.74. The third-order valence-electron chi connectivity index (χ3n) is 2.59. The first-order chi connectivity index (χ1) is 4.74. The first-order valence-electron chi connectivity index (χ1n) is 4.20. The van der Waals surface area contributed by atoms with Gasteiger partial charge in [0.05, 0.1) is 26.2 Å². The summed E-state index contributed by atoms with van der Waals surface area (Å²) in [4.78, 5) is 0. The van der Waals surface area contributed by atoms with E-state index in [0.717, 1.165) is 30.7 Å². The molecule has 2 nitrogen and oxygen atoms in total. The smallest absolute Gasteiger partial charge is 0.102 e. The molecule has 0 amide bonds. The quantitative estimate of drug-likeness (QED) is 0.448. The van der Waals surface area contributed by atoms with Gasteiger partial charge in [-0.1, -0.05) is 0 Å². The number of nitrogens with zero attached hydrogens (tertiary/aromatic N) is 1. The summed E-state index contributed by atoms with van der Waals surface area (Å²) in [6, 6.07) is 0. The lowest BCUT2D eigenvalue weighted by Gasteiger charge is -2.34. The zero-order valence-corrected chi connectivity index (χ0v) is 9.97. The lowest BCUT2D eigenvalue weighted by atomic mass is 10.3. The molecule has 0 aliphatic heterocycles. The Bertz CT molecular complexity index is 75.9. The van der Waals surface area contributed by atoms with Gasteiger partial charge in [-0.15, -0.1) is 0 Å². The van der Waals surface area contributed by atoms with Crippen molar-refractivity contribution < 1.29 is 33.6 Å². The number of halogens is 1. The second-order valence-corrected chi connectivity index (χ2v) is 2.74. The van der Waals surface area contributed by atoms with Gasteiger partial charge in [-0.25, -0.2) is 0 Å². The number of rotatable bonds is 5. The Morgan fingerprint density at radius 3 is 1.45 bits per heavy atom. The molecule has 0 bridgehead atoms. The molecule has 70 valence electrons. The summed E-state index contributed by atoms with van der Waals surface area (Å²) < 4.78 is 1.05. The fourth-order valence-electron chi connectivity index (χ4n) is 1.36. The third-order valence-corrected chi connectivity index (χ3v) is 2.59. The highest BCUT2D eigenvalue weighted by Gasteiger charge is 2.18. The zero-order valence-electron chi connectivity index (χ0n) is 7.81. The van der Waals surface area contributed by atoms with E-state index in [0.29, 0.717) is 6.61 Å². The number of aliphatic hydroxyl groups excluding tert-OH is 1. The molecule has 0 aromatic carbocycles. The molecule has 0 radical (unpaired) electrons. The summed E-state index contributed by atoms with van der Waals surface area (Å²) in [7, 11) is 0. The Hall–Kier alpha value is 0.650. The molecule has 0 unspecified atom stereocenters. The predicted molar refractivity (Wildman–Crippen MR) is 43.8 cm³/mol. The summed E-state index contributed by atoms with van der Waals surface area (Å²) in [5.74, 6) is 0. The van der Waals surface area contributed by atoms with E-state index in [1.54, 1.807) is 0 Å². The first kappa shape index (κ1) is 14.2. The van der Waals surface area contributed by atoms with E-state index in [2.05, 4.69) is 20.8 Å². The largest absolute Gasteiger partial charge is 1.00 e. The van der Waals surface area contributed by atoms with E-state index in [1.165, 1.54) is 0 Å². The van der Waals surface area contributed by atoms with Gasteiger partial charge in [0, 0.05) is 0 Å². The molecule has 0 aliphatic carbocycles. The minimum atomic E-state index is 0. The van der Waals surface area contributed by atoms with E-state index >= 15 is 0 Å². The van der Waals surface area contributed by atoms with E-state index in [-0.39, 0.29) is 24.0 Å². The highest BCUT2D eigenvalue weighted by atomic mass is 127. The maximum atomic E-state index is 8.78. The minimum absolute atomic E-state index is 0. The maximum absolute atomic E-state index is 8.78. The molecule has 0 spiro atoms. The fraction of sp³-hybridized carbons (Fsp3) is 1.00. The summed E-state index contributed by atoms with van der Waals surface area (Å²) in [5.41, 5.74) is 0. The molecule has 0 aromatic rings. The zero-order chi connectivity index (χ0) is 8.04. The van der Waals surface area contributed by atoms with Crippen LogP contribution in [0.4, 0.5) is 0 Å². The van der Waals surface area contributed by atoms with Crippen LogP contribution in [0.25, 0.3) is 0 Å². The number of hydrogen-bond donors (Lipinski definition) is 1. The molecule has 0 saturated heterocycles. The van der Waals surface area contributed by atoms with Crippen LogP contribution in [0.15, 0.2) is 0 Å². The van der Waals surface area contributed by atoms with Gasteiger partial charge in [-0.2, -0.15) is 0 Å². The standard InChI is InChI=1S/C8H20NO.HI/c1-4-9(5-2,6-3)7-8-10;/h10H,4-8H2,1-3H3;1H/q+1;/p-1. The Labute approximate surface area is 87.2 Å². The van der Waals surface area contributed by atoms with Crippen molar-refractivity contribution in [1.29, 1.82) is 0 Å². The van der Waals surface area contributed by atoms with Crippen LogP contribution in [0, 0.1) is 0 Å². The van der Waals surface area contributed by atoms with Gasteiger partial charge in [0.15, 0.2) is 0 Å². The van der Waals surface area contributed by atoms with Gasteiger partial charge in [-0.3, -0.25) is 0 Å². The van der Waals surface area contributed by atoms with E-state index < -0.39 is 0 Å². The van der Waals surface area contributed by atoms with Crippen LogP contribution in [-0.2, 0) is 0 Å². The maximum Gasteiger partial charge on any atom is 0.102 e. The van der Waals surface area contributed by atoms with E-state index in [4.69, 9.17) is 5.11 Å². The van der Waals surface area contributed by atoms with Gasteiger partial charge in [0.2, 0.25) is 0 Å². The Balaban J connectivity index is 0. The average molecular weight is 273 g/mol. The summed E-state index contributed by atoms with van der Waals surface area (Å²) >= 11 is 0. The van der Waals surface area contributed by atoms with Gasteiger partial charge < -0.3 is 33.6 Å². The molecule has 0 fully saturated rings. The average Bonchev–Trinajstić information content (AvgIpc) is 2.01. The highest BCUT2D eigenvalue weighted by molar-refractivity contribution is 4.35. The van der Waals surface area contributed by atoms with Crippen LogP contribution in [-0.4, -0.2) is 42.4 Å². The second kappa shape index (κ2) is 7.31. The molecule has 1 N–H and O–H groups in total. The van der Waals surface area contributed by atoms with Crippen molar-refractivity contribution in [3.05, 3.63) is 0 Å². The molecule has 0 aromatic heterocycles. The normalized spacial score (nSPS) is 10.9. The summed E-state index contributed by atoms with van der Waals surface area (Å²) in [5, 5.41) is 8.78. The number of aliphatic hydroxyl groups is 1. The Morgan fingerprint density at radius 1 is 1.00 bits per heavy atom. The van der Waals surface area contributed by atoms with Crippen LogP contribution in [0.3, 0.4) is 0 Å². The lowest BCUT2D eigenvalue weighted by Crippen LogP contribution is -3.00. The minimum Gasteiger partial charge on any atom is -1.00 e. The molecule has 0 aliphatic rings. The van der Waals surface area contributed by atoms with Crippen molar-refractivity contribution >= 4 is 0 Å². The van der Waals surface area contributed by atoms with Crippen LogP contribution >= 0.6 is 0 Å². The number of quaternary nitrogens is 1. The molecule has 0 heterocycles. The van der Waals surface area contributed by atoms with Crippen molar-refractivity contribution in [3.63, 3.8) is 0 Å². The van der Waals surface area contributed by atoms with Gasteiger partial charge in [0.25, 0.3) is 0 Å². The lowest BCUT2D eigenvalue weighted by molar-refractivity contribution is -0.923. The van der Waals surface area contributed by atoms with Crippen molar-refractivity contribution in [3.8, 4) is 0 Å². The monoisotopic (exact) mass is 273 g/mol. The van der Waals surface area contributed by atoms with Crippen LogP contribution in [0.1, 0.15) is 20.8 Å². The van der Waals surface area contributed by atoms with Crippen molar-refractivity contribution in [2.75, 3.05) is 32.8 Å². The van der Waals surface area contributed by atoms with Crippen molar-refractivity contribution in [2.45, 2.75) is 20.8 Å². The van der Waals surface area contributed by atoms with Crippen molar-refractivity contribution in [2.24, 2.45) is 0 Å². The van der Waals surface area contributed by atoms with Crippen LogP contribution in [0.2, 0.25) is 0 Å². The SMILES string of the molecule is CC[N+](CC)(CC)CCO.[I-]. The molecular weight excluding hydrogens is 253 g/mol. The summed E-state index contributed by atoms with van der Waals surface area (Å²) in [6.07, 6.45) is 0. The Kier molecular flexibility index (Phi) is 9.43. The van der Waals surface area contributed by atoms with Gasteiger partial charge in [0.1, 0.15) is 6.54 Å². The van der Waals surface area contributed by atoms with Crippen molar-refractivity contribution in [1.82, 2.24) is 0 Å².